The van der Waals surface area contributed by atoms with Gasteiger partial charge in [-0.15, -0.1) is 0 Å². The van der Waals surface area contributed by atoms with E-state index in [1.807, 2.05) is 43.3 Å². The maximum atomic E-state index is 10.0. The van der Waals surface area contributed by atoms with Crippen molar-refractivity contribution >= 4 is 16.7 Å². The number of rotatable bonds is 2. The van der Waals surface area contributed by atoms with Gasteiger partial charge in [0.1, 0.15) is 11.6 Å². The summed E-state index contributed by atoms with van der Waals surface area (Å²) in [5, 5.41) is 11.0. The SMILES string of the molecule is Cc1ccc2nc(-c3ccccc3O)nc(N(C)C)c2c1. The molecule has 3 aromatic rings. The zero-order valence-corrected chi connectivity index (χ0v) is 12.3. The molecule has 4 heteroatoms. The van der Waals surface area contributed by atoms with Crippen LogP contribution in [0.2, 0.25) is 0 Å². The lowest BCUT2D eigenvalue weighted by Crippen LogP contribution is -2.12. The Kier molecular flexibility index (Phi) is 3.22. The van der Waals surface area contributed by atoms with Gasteiger partial charge in [0.25, 0.3) is 0 Å². The fourth-order valence-corrected chi connectivity index (χ4v) is 2.35. The van der Waals surface area contributed by atoms with E-state index < -0.39 is 0 Å². The summed E-state index contributed by atoms with van der Waals surface area (Å²) in [6, 6.07) is 13.2. The van der Waals surface area contributed by atoms with Crippen molar-refractivity contribution in [2.75, 3.05) is 19.0 Å². The van der Waals surface area contributed by atoms with E-state index >= 15 is 0 Å². The predicted octanol–water partition coefficient (Wildman–Crippen LogP) is 3.38. The predicted molar refractivity (Wildman–Crippen MR) is 85.7 cm³/mol. The van der Waals surface area contributed by atoms with Crippen molar-refractivity contribution in [1.29, 1.82) is 0 Å². The third kappa shape index (κ3) is 2.40. The number of phenolic OH excluding ortho intramolecular Hbond substituents is 1. The Morgan fingerprint density at radius 2 is 1.76 bits per heavy atom. The molecular formula is C17H17N3O. The normalized spacial score (nSPS) is 10.8. The van der Waals surface area contributed by atoms with Gasteiger partial charge in [0.2, 0.25) is 0 Å². The minimum atomic E-state index is 0.189. The molecule has 0 saturated heterocycles. The molecule has 0 fully saturated rings. The number of anilines is 1. The van der Waals surface area contributed by atoms with Crippen LogP contribution in [-0.2, 0) is 0 Å². The summed E-state index contributed by atoms with van der Waals surface area (Å²) in [6.45, 7) is 2.05. The van der Waals surface area contributed by atoms with E-state index in [1.165, 1.54) is 5.56 Å². The molecule has 2 aromatic carbocycles. The van der Waals surface area contributed by atoms with Gasteiger partial charge >= 0.3 is 0 Å². The van der Waals surface area contributed by atoms with Crippen LogP contribution in [0.4, 0.5) is 5.82 Å². The zero-order valence-electron chi connectivity index (χ0n) is 12.3. The summed E-state index contributed by atoms with van der Waals surface area (Å²) in [4.78, 5) is 11.2. The summed E-state index contributed by atoms with van der Waals surface area (Å²) in [5.41, 5.74) is 2.69. The van der Waals surface area contributed by atoms with Crippen LogP contribution in [-0.4, -0.2) is 29.2 Å². The maximum absolute atomic E-state index is 10.0. The largest absolute Gasteiger partial charge is 0.507 e. The topological polar surface area (TPSA) is 49.3 Å². The number of aromatic hydroxyl groups is 1. The summed E-state index contributed by atoms with van der Waals surface area (Å²) in [5.74, 6) is 1.57. The van der Waals surface area contributed by atoms with Gasteiger partial charge < -0.3 is 10.0 Å². The summed E-state index contributed by atoms with van der Waals surface area (Å²) >= 11 is 0. The number of fused-ring (bicyclic) bond motifs is 1. The number of hydrogen-bond acceptors (Lipinski definition) is 4. The first-order valence-corrected chi connectivity index (χ1v) is 6.80. The van der Waals surface area contributed by atoms with E-state index in [0.29, 0.717) is 11.4 Å². The summed E-state index contributed by atoms with van der Waals surface area (Å²) < 4.78 is 0. The van der Waals surface area contributed by atoms with E-state index in [0.717, 1.165) is 16.7 Å². The van der Waals surface area contributed by atoms with Gasteiger partial charge in [-0.1, -0.05) is 23.8 Å². The van der Waals surface area contributed by atoms with Crippen molar-refractivity contribution in [2.24, 2.45) is 0 Å². The molecule has 1 N–H and O–H groups in total. The molecule has 0 unspecified atom stereocenters. The van der Waals surface area contributed by atoms with Crippen LogP contribution in [0.5, 0.6) is 5.75 Å². The number of aromatic nitrogens is 2. The Bertz CT molecular complexity index is 812. The second kappa shape index (κ2) is 5.05. The minimum absolute atomic E-state index is 0.189. The number of para-hydroxylation sites is 1. The molecule has 0 aliphatic heterocycles. The number of nitrogens with zero attached hydrogens (tertiary/aromatic N) is 3. The Labute approximate surface area is 123 Å². The third-order valence-corrected chi connectivity index (χ3v) is 3.40. The van der Waals surface area contributed by atoms with Crippen molar-refractivity contribution in [3.8, 4) is 17.1 Å². The zero-order chi connectivity index (χ0) is 15.0. The van der Waals surface area contributed by atoms with Crippen molar-refractivity contribution < 1.29 is 5.11 Å². The minimum Gasteiger partial charge on any atom is -0.507 e. The Morgan fingerprint density at radius 1 is 1.00 bits per heavy atom. The molecule has 0 aliphatic carbocycles. The third-order valence-electron chi connectivity index (χ3n) is 3.40. The van der Waals surface area contributed by atoms with E-state index in [1.54, 1.807) is 12.1 Å². The van der Waals surface area contributed by atoms with Crippen molar-refractivity contribution in [3.05, 3.63) is 48.0 Å². The van der Waals surface area contributed by atoms with Gasteiger partial charge in [0.15, 0.2) is 5.82 Å². The molecule has 106 valence electrons. The van der Waals surface area contributed by atoms with Crippen molar-refractivity contribution in [3.63, 3.8) is 0 Å². The van der Waals surface area contributed by atoms with Crippen LogP contribution in [0.1, 0.15) is 5.56 Å². The highest BCUT2D eigenvalue weighted by molar-refractivity contribution is 5.91. The fourth-order valence-electron chi connectivity index (χ4n) is 2.35. The van der Waals surface area contributed by atoms with Crippen LogP contribution >= 0.6 is 0 Å². The Hall–Kier alpha value is -2.62. The molecule has 0 spiro atoms. The highest BCUT2D eigenvalue weighted by atomic mass is 16.3. The van der Waals surface area contributed by atoms with E-state index in [-0.39, 0.29) is 5.75 Å². The van der Waals surface area contributed by atoms with Crippen LogP contribution in [0.25, 0.3) is 22.3 Å². The quantitative estimate of drug-likeness (QED) is 0.781. The Morgan fingerprint density at radius 3 is 2.48 bits per heavy atom. The number of aryl methyl sites for hydroxylation is 1. The van der Waals surface area contributed by atoms with Gasteiger partial charge in [-0.25, -0.2) is 9.97 Å². The molecule has 1 aromatic heterocycles. The molecule has 0 saturated carbocycles. The first-order valence-electron chi connectivity index (χ1n) is 6.80. The molecular weight excluding hydrogens is 262 g/mol. The molecule has 3 rings (SSSR count). The lowest BCUT2D eigenvalue weighted by Gasteiger charge is -2.16. The molecule has 0 bridgehead atoms. The maximum Gasteiger partial charge on any atom is 0.165 e. The highest BCUT2D eigenvalue weighted by Crippen LogP contribution is 2.31. The smallest absolute Gasteiger partial charge is 0.165 e. The first kappa shape index (κ1) is 13.4. The van der Waals surface area contributed by atoms with Crippen LogP contribution in [0, 0.1) is 6.92 Å². The van der Waals surface area contributed by atoms with Crippen molar-refractivity contribution in [2.45, 2.75) is 6.92 Å². The van der Waals surface area contributed by atoms with Crippen LogP contribution in [0.3, 0.4) is 0 Å². The average molecular weight is 279 g/mol. The standard InChI is InChI=1S/C17H17N3O/c1-11-8-9-14-13(10-11)17(20(2)3)19-16(18-14)12-6-4-5-7-15(12)21/h4-10,21H,1-3H3. The second-order valence-electron chi connectivity index (χ2n) is 5.30. The number of hydrogen-bond donors (Lipinski definition) is 1. The van der Waals surface area contributed by atoms with Gasteiger partial charge in [0, 0.05) is 19.5 Å². The molecule has 0 aliphatic rings. The molecule has 1 heterocycles. The molecule has 0 radical (unpaired) electrons. The molecule has 0 amide bonds. The lowest BCUT2D eigenvalue weighted by molar-refractivity contribution is 0.477. The van der Waals surface area contributed by atoms with Gasteiger partial charge in [-0.2, -0.15) is 0 Å². The lowest BCUT2D eigenvalue weighted by atomic mass is 10.1. The number of phenols is 1. The summed E-state index contributed by atoms with van der Waals surface area (Å²) in [7, 11) is 3.91. The van der Waals surface area contributed by atoms with E-state index in [2.05, 4.69) is 23.0 Å². The van der Waals surface area contributed by atoms with Gasteiger partial charge in [0.05, 0.1) is 11.1 Å². The number of benzene rings is 2. The van der Waals surface area contributed by atoms with E-state index in [4.69, 9.17) is 0 Å². The van der Waals surface area contributed by atoms with Gasteiger partial charge in [-0.05, 0) is 31.2 Å². The molecule has 4 nitrogen and oxygen atoms in total. The molecule has 21 heavy (non-hydrogen) atoms. The summed E-state index contributed by atoms with van der Waals surface area (Å²) in [6.07, 6.45) is 0. The average Bonchev–Trinajstić information content (AvgIpc) is 2.46. The van der Waals surface area contributed by atoms with Crippen LogP contribution < -0.4 is 4.90 Å². The highest BCUT2D eigenvalue weighted by Gasteiger charge is 2.13. The van der Waals surface area contributed by atoms with Crippen molar-refractivity contribution in [1.82, 2.24) is 9.97 Å². The monoisotopic (exact) mass is 279 g/mol. The fraction of sp³-hybridized carbons (Fsp3) is 0.176. The first-order chi connectivity index (χ1) is 10.1. The van der Waals surface area contributed by atoms with E-state index in [9.17, 15) is 5.11 Å². The second-order valence-corrected chi connectivity index (χ2v) is 5.30. The van der Waals surface area contributed by atoms with Crippen LogP contribution in [0.15, 0.2) is 42.5 Å². The molecule has 0 atom stereocenters. The Balaban J connectivity index is 2.31. The van der Waals surface area contributed by atoms with Gasteiger partial charge in [-0.3, -0.25) is 0 Å².